The summed E-state index contributed by atoms with van der Waals surface area (Å²) in [6.07, 6.45) is 3.06. The number of carbonyl (C=O) groups is 1. The van der Waals surface area contributed by atoms with Crippen LogP contribution in [0.1, 0.15) is 34.9 Å². The lowest BCUT2D eigenvalue weighted by molar-refractivity contribution is 0.111. The molecule has 0 aliphatic heterocycles. The highest BCUT2D eigenvalue weighted by Crippen LogP contribution is 2.40. The van der Waals surface area contributed by atoms with Gasteiger partial charge in [-0.3, -0.25) is 4.79 Å². The smallest absolute Gasteiger partial charge is 0.170 e. The molecule has 86 valence electrons. The van der Waals surface area contributed by atoms with Crippen molar-refractivity contribution >= 4 is 22.2 Å². The van der Waals surface area contributed by atoms with Crippen molar-refractivity contribution in [1.82, 2.24) is 15.0 Å². The van der Waals surface area contributed by atoms with E-state index in [1.807, 2.05) is 24.3 Å². The molecule has 3 rings (SSSR count). The summed E-state index contributed by atoms with van der Waals surface area (Å²) >= 11 is 3.40. The van der Waals surface area contributed by atoms with Gasteiger partial charge in [-0.2, -0.15) is 0 Å². The third-order valence-corrected chi connectivity index (χ3v) is 3.35. The van der Waals surface area contributed by atoms with E-state index >= 15 is 0 Å². The van der Waals surface area contributed by atoms with E-state index in [-0.39, 0.29) is 0 Å². The fraction of sp³-hybridized carbons (Fsp3) is 0.250. The van der Waals surface area contributed by atoms with Crippen LogP contribution < -0.4 is 0 Å². The average Bonchev–Trinajstić information content (AvgIpc) is 3.08. The minimum atomic E-state index is 0.427. The van der Waals surface area contributed by atoms with Crippen LogP contribution in [-0.2, 0) is 0 Å². The molecule has 5 heteroatoms. The first-order valence-electron chi connectivity index (χ1n) is 5.46. The number of carbonyl (C=O) groups excluding carboxylic acids is 1. The first kappa shape index (κ1) is 10.7. The van der Waals surface area contributed by atoms with Crippen molar-refractivity contribution in [3.8, 4) is 5.69 Å². The molecule has 17 heavy (non-hydrogen) atoms. The molecule has 0 spiro atoms. The SMILES string of the molecule is O=Cc1c(C2CC2)nnn1-c1cccc(Br)c1. The molecule has 0 bridgehead atoms. The largest absolute Gasteiger partial charge is 0.296 e. The third-order valence-electron chi connectivity index (χ3n) is 2.86. The second-order valence-electron chi connectivity index (χ2n) is 4.14. The van der Waals surface area contributed by atoms with Gasteiger partial charge in [0, 0.05) is 10.4 Å². The lowest BCUT2D eigenvalue weighted by Gasteiger charge is -2.02. The molecule has 0 amide bonds. The number of benzene rings is 1. The van der Waals surface area contributed by atoms with E-state index in [2.05, 4.69) is 26.2 Å². The molecular weight excluding hydrogens is 282 g/mol. The van der Waals surface area contributed by atoms with Crippen molar-refractivity contribution in [1.29, 1.82) is 0 Å². The third kappa shape index (κ3) is 1.91. The molecule has 0 radical (unpaired) electrons. The predicted molar refractivity (Wildman–Crippen MR) is 66.4 cm³/mol. The molecule has 1 aromatic carbocycles. The average molecular weight is 292 g/mol. The maximum atomic E-state index is 11.2. The Morgan fingerprint density at radius 3 is 2.88 bits per heavy atom. The summed E-state index contributed by atoms with van der Waals surface area (Å²) in [5, 5.41) is 8.20. The minimum Gasteiger partial charge on any atom is -0.296 e. The highest BCUT2D eigenvalue weighted by Gasteiger charge is 2.30. The lowest BCUT2D eigenvalue weighted by atomic mass is 10.2. The van der Waals surface area contributed by atoms with E-state index in [9.17, 15) is 4.79 Å². The summed E-state index contributed by atoms with van der Waals surface area (Å²) in [5.41, 5.74) is 2.26. The molecular formula is C12H10BrN3O. The molecule has 0 unspecified atom stereocenters. The topological polar surface area (TPSA) is 47.8 Å². The molecule has 1 aliphatic carbocycles. The van der Waals surface area contributed by atoms with Crippen LogP contribution in [0, 0.1) is 0 Å². The number of hydrogen-bond acceptors (Lipinski definition) is 3. The maximum absolute atomic E-state index is 11.2. The molecule has 1 saturated carbocycles. The van der Waals surface area contributed by atoms with Gasteiger partial charge in [0.2, 0.25) is 0 Å². The molecule has 4 nitrogen and oxygen atoms in total. The Labute approximate surface area is 107 Å². The maximum Gasteiger partial charge on any atom is 0.170 e. The number of hydrogen-bond donors (Lipinski definition) is 0. The quantitative estimate of drug-likeness (QED) is 0.817. The summed E-state index contributed by atoms with van der Waals surface area (Å²) in [4.78, 5) is 11.2. The molecule has 0 saturated heterocycles. The van der Waals surface area contributed by atoms with Gasteiger partial charge in [-0.1, -0.05) is 27.2 Å². The monoisotopic (exact) mass is 291 g/mol. The number of halogens is 1. The van der Waals surface area contributed by atoms with E-state index in [1.54, 1.807) is 4.68 Å². The van der Waals surface area contributed by atoms with E-state index in [0.717, 1.165) is 35.0 Å². The van der Waals surface area contributed by atoms with Gasteiger partial charge in [-0.25, -0.2) is 4.68 Å². The second kappa shape index (κ2) is 4.07. The van der Waals surface area contributed by atoms with Gasteiger partial charge < -0.3 is 0 Å². The normalized spacial score (nSPS) is 14.9. The first-order chi connectivity index (χ1) is 8.29. The van der Waals surface area contributed by atoms with Crippen LogP contribution in [0.3, 0.4) is 0 Å². The van der Waals surface area contributed by atoms with Gasteiger partial charge in [0.05, 0.1) is 11.4 Å². The summed E-state index contributed by atoms with van der Waals surface area (Å²) in [6, 6.07) is 7.66. The Bertz CT molecular complexity index is 575. The Morgan fingerprint density at radius 1 is 1.41 bits per heavy atom. The number of rotatable bonds is 3. The van der Waals surface area contributed by atoms with Gasteiger partial charge in [-0.05, 0) is 31.0 Å². The Hall–Kier alpha value is -1.49. The summed E-state index contributed by atoms with van der Waals surface area (Å²) in [6.45, 7) is 0. The molecule has 2 aromatic rings. The highest BCUT2D eigenvalue weighted by molar-refractivity contribution is 9.10. The van der Waals surface area contributed by atoms with Crippen LogP contribution in [0.25, 0.3) is 5.69 Å². The minimum absolute atomic E-state index is 0.427. The number of aldehydes is 1. The molecule has 1 aromatic heterocycles. The summed E-state index contributed by atoms with van der Waals surface area (Å²) in [7, 11) is 0. The van der Waals surface area contributed by atoms with Crippen LogP contribution in [0.2, 0.25) is 0 Å². The Morgan fingerprint density at radius 2 is 2.24 bits per heavy atom. The van der Waals surface area contributed by atoms with Crippen molar-refractivity contribution < 1.29 is 4.79 Å². The fourth-order valence-corrected chi connectivity index (χ4v) is 2.24. The second-order valence-corrected chi connectivity index (χ2v) is 5.06. The molecule has 0 atom stereocenters. The van der Waals surface area contributed by atoms with Crippen molar-refractivity contribution in [3.63, 3.8) is 0 Å². The molecule has 1 heterocycles. The molecule has 1 aliphatic rings. The van der Waals surface area contributed by atoms with Crippen LogP contribution in [0.15, 0.2) is 28.7 Å². The van der Waals surface area contributed by atoms with E-state index in [4.69, 9.17) is 0 Å². The highest BCUT2D eigenvalue weighted by atomic mass is 79.9. The van der Waals surface area contributed by atoms with Gasteiger partial charge in [0.1, 0.15) is 5.69 Å². The first-order valence-corrected chi connectivity index (χ1v) is 6.25. The van der Waals surface area contributed by atoms with Gasteiger partial charge >= 0.3 is 0 Å². The van der Waals surface area contributed by atoms with Gasteiger partial charge in [0.15, 0.2) is 6.29 Å². The van der Waals surface area contributed by atoms with E-state index in [0.29, 0.717) is 11.6 Å². The zero-order valence-corrected chi connectivity index (χ0v) is 10.6. The van der Waals surface area contributed by atoms with E-state index < -0.39 is 0 Å². The van der Waals surface area contributed by atoms with Crippen LogP contribution in [-0.4, -0.2) is 21.3 Å². The molecule has 0 N–H and O–H groups in total. The summed E-state index contributed by atoms with van der Waals surface area (Å²) in [5.74, 6) is 0.427. The zero-order valence-electron chi connectivity index (χ0n) is 9.01. The fourth-order valence-electron chi connectivity index (χ4n) is 1.86. The zero-order chi connectivity index (χ0) is 11.8. The Balaban J connectivity index is 2.11. The van der Waals surface area contributed by atoms with E-state index in [1.165, 1.54) is 0 Å². The lowest BCUT2D eigenvalue weighted by Crippen LogP contribution is -2.02. The van der Waals surface area contributed by atoms with Crippen molar-refractivity contribution in [3.05, 3.63) is 40.1 Å². The Kier molecular flexibility index (Phi) is 2.55. The van der Waals surface area contributed by atoms with Gasteiger partial charge in [0.25, 0.3) is 0 Å². The summed E-state index contributed by atoms with van der Waals surface area (Å²) < 4.78 is 2.56. The van der Waals surface area contributed by atoms with Crippen molar-refractivity contribution in [2.75, 3.05) is 0 Å². The molecule has 1 fully saturated rings. The van der Waals surface area contributed by atoms with Gasteiger partial charge in [-0.15, -0.1) is 5.10 Å². The number of aromatic nitrogens is 3. The number of nitrogens with zero attached hydrogens (tertiary/aromatic N) is 3. The predicted octanol–water partition coefficient (Wildman–Crippen LogP) is 2.72. The van der Waals surface area contributed by atoms with Crippen LogP contribution >= 0.6 is 15.9 Å². The van der Waals surface area contributed by atoms with Crippen molar-refractivity contribution in [2.45, 2.75) is 18.8 Å². The van der Waals surface area contributed by atoms with Crippen LogP contribution in [0.5, 0.6) is 0 Å². The standard InChI is InChI=1S/C12H10BrN3O/c13-9-2-1-3-10(6-9)16-11(7-17)12(14-15-16)8-4-5-8/h1-3,6-8H,4-5H2. The van der Waals surface area contributed by atoms with Crippen molar-refractivity contribution in [2.24, 2.45) is 0 Å². The van der Waals surface area contributed by atoms with Crippen LogP contribution in [0.4, 0.5) is 0 Å².